The van der Waals surface area contributed by atoms with Gasteiger partial charge in [0.2, 0.25) is 0 Å². The molecule has 0 aliphatic heterocycles. The number of nitrogens with two attached hydrogens (primary N) is 2. The summed E-state index contributed by atoms with van der Waals surface area (Å²) in [6.45, 7) is 3.70. The summed E-state index contributed by atoms with van der Waals surface area (Å²) < 4.78 is 0. The molecule has 0 atom stereocenters. The molecule has 0 unspecified atom stereocenters. The lowest BCUT2D eigenvalue weighted by molar-refractivity contribution is 0.540. The molecule has 4 N–H and O–H groups in total. The zero-order valence-corrected chi connectivity index (χ0v) is 8.67. The second-order valence-electron chi connectivity index (χ2n) is 3.65. The first-order valence-corrected chi connectivity index (χ1v) is 5.39. The lowest BCUT2D eigenvalue weighted by Crippen LogP contribution is -2.29. The minimum Gasteiger partial charge on any atom is -0.316 e. The number of allylic oxidation sites excluding steroid dienone is 1. The van der Waals surface area contributed by atoms with Gasteiger partial charge in [-0.15, -0.1) is 6.58 Å². The molecule has 2 heteroatoms. The van der Waals surface area contributed by atoms with Crippen LogP contribution in [-0.2, 0) is 0 Å². The van der Waals surface area contributed by atoms with Gasteiger partial charge in [-0.2, -0.15) is 0 Å². The van der Waals surface area contributed by atoms with Crippen molar-refractivity contribution in [3.8, 4) is 0 Å². The van der Waals surface area contributed by atoms with E-state index in [9.17, 15) is 0 Å². The van der Waals surface area contributed by atoms with Crippen molar-refractivity contribution in [2.45, 2.75) is 57.5 Å². The van der Waals surface area contributed by atoms with Crippen LogP contribution in [0.3, 0.4) is 0 Å². The maximum atomic E-state index is 5.44. The predicted molar refractivity (Wildman–Crippen MR) is 59.3 cm³/mol. The maximum Gasteiger partial charge on any atom is 0.0520 e. The molecule has 0 rings (SSSR count). The van der Waals surface area contributed by atoms with Gasteiger partial charge < -0.3 is 11.5 Å². The molecule has 0 saturated heterocycles. The molecular weight excluding hydrogens is 160 g/mol. The molecule has 0 amide bonds. The van der Waals surface area contributed by atoms with E-state index in [1.165, 1.54) is 38.5 Å². The summed E-state index contributed by atoms with van der Waals surface area (Å²) in [6, 6.07) is 0. The SMILES string of the molecule is C=CCCCCCCCCC(N)N. The van der Waals surface area contributed by atoms with Crippen molar-refractivity contribution in [2.24, 2.45) is 11.5 Å². The van der Waals surface area contributed by atoms with Crippen LogP contribution in [0.15, 0.2) is 12.7 Å². The van der Waals surface area contributed by atoms with Gasteiger partial charge in [-0.3, -0.25) is 0 Å². The lowest BCUT2D eigenvalue weighted by atomic mass is 10.1. The summed E-state index contributed by atoms with van der Waals surface area (Å²) in [5.41, 5.74) is 10.9. The highest BCUT2D eigenvalue weighted by Crippen LogP contribution is 2.08. The van der Waals surface area contributed by atoms with Crippen LogP contribution in [0.5, 0.6) is 0 Å². The fraction of sp³-hybridized carbons (Fsp3) is 0.818. The standard InChI is InChI=1S/C11H24N2/c1-2-3-4-5-6-7-8-9-10-11(12)13/h2,11H,1,3-10,12-13H2. The van der Waals surface area contributed by atoms with E-state index in [4.69, 9.17) is 11.5 Å². The van der Waals surface area contributed by atoms with Gasteiger partial charge in [-0.1, -0.05) is 38.2 Å². The first kappa shape index (κ1) is 12.7. The predicted octanol–water partition coefficient (Wildman–Crippen LogP) is 2.54. The first-order valence-electron chi connectivity index (χ1n) is 5.39. The molecule has 0 aliphatic rings. The smallest absolute Gasteiger partial charge is 0.0520 e. The minimum absolute atomic E-state index is 0.110. The van der Waals surface area contributed by atoms with Crippen LogP contribution in [0.2, 0.25) is 0 Å². The molecule has 0 bridgehead atoms. The molecule has 0 spiro atoms. The second kappa shape index (κ2) is 9.75. The molecule has 0 heterocycles. The summed E-state index contributed by atoms with van der Waals surface area (Å²) in [5.74, 6) is 0. The molecule has 0 aromatic rings. The van der Waals surface area contributed by atoms with Crippen LogP contribution < -0.4 is 11.5 Å². The zero-order valence-electron chi connectivity index (χ0n) is 8.67. The molecular formula is C11H24N2. The van der Waals surface area contributed by atoms with E-state index in [2.05, 4.69) is 6.58 Å². The normalized spacial score (nSPS) is 10.7. The van der Waals surface area contributed by atoms with E-state index >= 15 is 0 Å². The molecule has 0 saturated carbocycles. The Kier molecular flexibility index (Phi) is 9.49. The van der Waals surface area contributed by atoms with E-state index < -0.39 is 0 Å². The van der Waals surface area contributed by atoms with E-state index in [1.54, 1.807) is 0 Å². The van der Waals surface area contributed by atoms with Crippen molar-refractivity contribution in [3.05, 3.63) is 12.7 Å². The van der Waals surface area contributed by atoms with Gasteiger partial charge in [0, 0.05) is 0 Å². The Morgan fingerprint density at radius 1 is 0.923 bits per heavy atom. The third kappa shape index (κ3) is 11.7. The molecule has 0 aromatic heterocycles. The summed E-state index contributed by atoms with van der Waals surface area (Å²) in [7, 11) is 0. The summed E-state index contributed by atoms with van der Waals surface area (Å²) in [4.78, 5) is 0. The van der Waals surface area contributed by atoms with Crippen molar-refractivity contribution in [2.75, 3.05) is 0 Å². The molecule has 0 aliphatic carbocycles. The van der Waals surface area contributed by atoms with Crippen LogP contribution >= 0.6 is 0 Å². The molecule has 0 fully saturated rings. The van der Waals surface area contributed by atoms with Gasteiger partial charge >= 0.3 is 0 Å². The van der Waals surface area contributed by atoms with Gasteiger partial charge in [-0.25, -0.2) is 0 Å². The zero-order chi connectivity index (χ0) is 9.94. The van der Waals surface area contributed by atoms with Crippen LogP contribution in [-0.4, -0.2) is 6.17 Å². The van der Waals surface area contributed by atoms with Crippen molar-refractivity contribution in [1.82, 2.24) is 0 Å². The maximum absolute atomic E-state index is 5.44. The van der Waals surface area contributed by atoms with E-state index in [0.717, 1.165) is 12.8 Å². The van der Waals surface area contributed by atoms with E-state index in [1.807, 2.05) is 6.08 Å². The Bertz CT molecular complexity index is 111. The van der Waals surface area contributed by atoms with Crippen LogP contribution in [0.4, 0.5) is 0 Å². The molecule has 0 aromatic carbocycles. The van der Waals surface area contributed by atoms with Crippen molar-refractivity contribution < 1.29 is 0 Å². The van der Waals surface area contributed by atoms with Gasteiger partial charge in [-0.05, 0) is 19.3 Å². The lowest BCUT2D eigenvalue weighted by Gasteiger charge is -2.04. The highest BCUT2D eigenvalue weighted by atomic mass is 14.8. The van der Waals surface area contributed by atoms with Gasteiger partial charge in [0.15, 0.2) is 0 Å². The highest BCUT2D eigenvalue weighted by molar-refractivity contribution is 4.65. The van der Waals surface area contributed by atoms with Crippen LogP contribution in [0.25, 0.3) is 0 Å². The fourth-order valence-corrected chi connectivity index (χ4v) is 1.38. The van der Waals surface area contributed by atoms with Gasteiger partial charge in [0.05, 0.1) is 6.17 Å². The number of rotatable bonds is 9. The minimum atomic E-state index is -0.110. The molecule has 2 nitrogen and oxygen atoms in total. The van der Waals surface area contributed by atoms with Crippen LogP contribution in [0.1, 0.15) is 51.4 Å². The average Bonchev–Trinajstić information content (AvgIpc) is 2.09. The Morgan fingerprint density at radius 3 is 2.00 bits per heavy atom. The number of hydrogen-bond donors (Lipinski definition) is 2. The third-order valence-electron chi connectivity index (χ3n) is 2.20. The Morgan fingerprint density at radius 2 is 1.46 bits per heavy atom. The van der Waals surface area contributed by atoms with E-state index in [-0.39, 0.29) is 6.17 Å². The van der Waals surface area contributed by atoms with Crippen molar-refractivity contribution in [3.63, 3.8) is 0 Å². The molecule has 13 heavy (non-hydrogen) atoms. The Hall–Kier alpha value is -0.340. The largest absolute Gasteiger partial charge is 0.316 e. The topological polar surface area (TPSA) is 52.0 Å². The molecule has 0 radical (unpaired) electrons. The third-order valence-corrected chi connectivity index (χ3v) is 2.20. The second-order valence-corrected chi connectivity index (χ2v) is 3.65. The average molecular weight is 184 g/mol. The molecule has 78 valence electrons. The van der Waals surface area contributed by atoms with Crippen LogP contribution in [0, 0.1) is 0 Å². The monoisotopic (exact) mass is 184 g/mol. The number of hydrogen-bond acceptors (Lipinski definition) is 2. The number of unbranched alkanes of at least 4 members (excludes halogenated alkanes) is 6. The quantitative estimate of drug-likeness (QED) is 0.329. The summed E-state index contributed by atoms with van der Waals surface area (Å²) in [6.07, 6.45) is 11.8. The van der Waals surface area contributed by atoms with Gasteiger partial charge in [0.25, 0.3) is 0 Å². The van der Waals surface area contributed by atoms with Crippen molar-refractivity contribution in [1.29, 1.82) is 0 Å². The van der Waals surface area contributed by atoms with E-state index in [0.29, 0.717) is 0 Å². The van der Waals surface area contributed by atoms with Crippen molar-refractivity contribution >= 4 is 0 Å². The summed E-state index contributed by atoms with van der Waals surface area (Å²) >= 11 is 0. The Labute approximate surface area is 82.4 Å². The summed E-state index contributed by atoms with van der Waals surface area (Å²) in [5, 5.41) is 0. The Balaban J connectivity index is 2.87. The van der Waals surface area contributed by atoms with Gasteiger partial charge in [0.1, 0.15) is 0 Å². The first-order chi connectivity index (χ1) is 6.27. The fourth-order valence-electron chi connectivity index (χ4n) is 1.38. The highest BCUT2D eigenvalue weighted by Gasteiger charge is 1.94.